The fraction of sp³-hybridized carbons (Fsp3) is 0.524. The summed E-state index contributed by atoms with van der Waals surface area (Å²) in [7, 11) is 0. The van der Waals surface area contributed by atoms with Gasteiger partial charge in [0.2, 0.25) is 0 Å². The molecule has 8 heteroatoms. The molecule has 1 atom stereocenters. The molecule has 1 unspecified atom stereocenters. The summed E-state index contributed by atoms with van der Waals surface area (Å²) in [5.41, 5.74) is 1.31. The predicted molar refractivity (Wildman–Crippen MR) is 102 cm³/mol. The highest BCUT2D eigenvalue weighted by molar-refractivity contribution is 5.69. The Hall–Kier alpha value is -2.51. The lowest BCUT2D eigenvalue weighted by atomic mass is 9.98. The second-order valence-corrected chi connectivity index (χ2v) is 8.33. The van der Waals surface area contributed by atoms with E-state index in [0.717, 1.165) is 29.1 Å². The number of ether oxygens (including phenoxy) is 1. The zero-order valence-electron chi connectivity index (χ0n) is 17.1. The molecule has 0 N–H and O–H groups in total. The van der Waals surface area contributed by atoms with Crippen LogP contribution >= 0.6 is 0 Å². The summed E-state index contributed by atoms with van der Waals surface area (Å²) in [6, 6.07) is 4.93. The molecule has 0 bridgehead atoms. The van der Waals surface area contributed by atoms with Crippen molar-refractivity contribution < 1.29 is 22.7 Å². The summed E-state index contributed by atoms with van der Waals surface area (Å²) in [5, 5.41) is 0. The SMILES string of the molecule is Cc1ncn2c1C(CCc1ccc(C(F)(F)F)cc1)N(C(=O)OC(C)(C)C)CC2. The number of nitrogens with zero attached hydrogens (tertiary/aromatic N) is 3. The molecule has 0 saturated heterocycles. The molecule has 1 aliphatic heterocycles. The summed E-state index contributed by atoms with van der Waals surface area (Å²) in [6.45, 7) is 8.49. The van der Waals surface area contributed by atoms with Gasteiger partial charge in [-0.25, -0.2) is 9.78 Å². The largest absolute Gasteiger partial charge is 0.444 e. The number of fused-ring (bicyclic) bond motifs is 1. The van der Waals surface area contributed by atoms with Crippen LogP contribution in [0.1, 0.15) is 55.7 Å². The Morgan fingerprint density at radius 2 is 1.83 bits per heavy atom. The van der Waals surface area contributed by atoms with Gasteiger partial charge in [-0.05, 0) is 58.2 Å². The summed E-state index contributed by atoms with van der Waals surface area (Å²) in [4.78, 5) is 18.9. The molecule has 2 aromatic rings. The number of aryl methyl sites for hydroxylation is 2. The summed E-state index contributed by atoms with van der Waals surface area (Å²) in [5.74, 6) is 0. The van der Waals surface area contributed by atoms with Crippen LogP contribution in [0.3, 0.4) is 0 Å². The van der Waals surface area contributed by atoms with Gasteiger partial charge in [0, 0.05) is 13.1 Å². The molecular weight excluding hydrogens is 383 g/mol. The number of aromatic nitrogens is 2. The molecule has 1 aromatic carbocycles. The van der Waals surface area contributed by atoms with E-state index in [1.807, 2.05) is 32.3 Å². The number of carbonyl (C=O) groups is 1. The lowest BCUT2D eigenvalue weighted by Crippen LogP contribution is -2.44. The van der Waals surface area contributed by atoms with E-state index in [-0.39, 0.29) is 12.1 Å². The zero-order chi connectivity index (χ0) is 21.4. The zero-order valence-corrected chi connectivity index (χ0v) is 17.1. The Bertz CT molecular complexity index is 867. The van der Waals surface area contributed by atoms with Crippen LogP contribution in [0.25, 0.3) is 0 Å². The first-order valence-corrected chi connectivity index (χ1v) is 9.63. The second-order valence-electron chi connectivity index (χ2n) is 8.33. The lowest BCUT2D eigenvalue weighted by molar-refractivity contribution is -0.137. The van der Waals surface area contributed by atoms with Gasteiger partial charge in [0.1, 0.15) is 5.60 Å². The van der Waals surface area contributed by atoms with E-state index < -0.39 is 17.3 Å². The first-order valence-electron chi connectivity index (χ1n) is 9.63. The highest BCUT2D eigenvalue weighted by atomic mass is 19.4. The first kappa shape index (κ1) is 21.2. The van der Waals surface area contributed by atoms with E-state index in [1.165, 1.54) is 12.1 Å². The number of hydrogen-bond donors (Lipinski definition) is 0. The lowest BCUT2D eigenvalue weighted by Gasteiger charge is -2.38. The Morgan fingerprint density at radius 1 is 1.17 bits per heavy atom. The van der Waals surface area contributed by atoms with Crippen molar-refractivity contribution >= 4 is 6.09 Å². The molecule has 0 aliphatic carbocycles. The van der Waals surface area contributed by atoms with Crippen molar-refractivity contribution in [1.82, 2.24) is 14.5 Å². The van der Waals surface area contributed by atoms with Gasteiger partial charge in [0.05, 0.1) is 29.3 Å². The van der Waals surface area contributed by atoms with Crippen LogP contribution in [0.15, 0.2) is 30.6 Å². The van der Waals surface area contributed by atoms with E-state index in [9.17, 15) is 18.0 Å². The molecule has 158 valence electrons. The van der Waals surface area contributed by atoms with Gasteiger partial charge in [-0.1, -0.05) is 12.1 Å². The van der Waals surface area contributed by atoms with Gasteiger partial charge in [0.15, 0.2) is 0 Å². The minimum Gasteiger partial charge on any atom is -0.444 e. The maximum absolute atomic E-state index is 12.8. The number of carbonyl (C=O) groups excluding carboxylic acids is 1. The minimum absolute atomic E-state index is 0.247. The van der Waals surface area contributed by atoms with Crippen molar-refractivity contribution in [2.24, 2.45) is 0 Å². The van der Waals surface area contributed by atoms with Crippen LogP contribution in [0.2, 0.25) is 0 Å². The van der Waals surface area contributed by atoms with Crippen molar-refractivity contribution in [3.63, 3.8) is 0 Å². The van der Waals surface area contributed by atoms with Crippen molar-refractivity contribution in [3.8, 4) is 0 Å². The number of imidazole rings is 1. The van der Waals surface area contributed by atoms with Crippen molar-refractivity contribution in [1.29, 1.82) is 0 Å². The second kappa shape index (κ2) is 7.72. The molecular formula is C21H26F3N3O2. The molecule has 1 aliphatic rings. The van der Waals surface area contributed by atoms with Gasteiger partial charge >= 0.3 is 12.3 Å². The van der Waals surface area contributed by atoms with Gasteiger partial charge in [-0.3, -0.25) is 4.90 Å². The quantitative estimate of drug-likeness (QED) is 0.706. The van der Waals surface area contributed by atoms with Gasteiger partial charge in [-0.15, -0.1) is 0 Å². The average molecular weight is 409 g/mol. The summed E-state index contributed by atoms with van der Waals surface area (Å²) < 4.78 is 45.9. The fourth-order valence-corrected chi connectivity index (χ4v) is 3.62. The third kappa shape index (κ3) is 4.92. The van der Waals surface area contributed by atoms with Crippen molar-refractivity contribution in [2.45, 2.75) is 64.9 Å². The summed E-state index contributed by atoms with van der Waals surface area (Å²) in [6.07, 6.45) is -1.87. The average Bonchev–Trinajstić information content (AvgIpc) is 2.99. The molecule has 2 heterocycles. The van der Waals surface area contributed by atoms with Gasteiger partial charge < -0.3 is 9.30 Å². The molecule has 5 nitrogen and oxygen atoms in total. The number of alkyl halides is 3. The smallest absolute Gasteiger partial charge is 0.416 e. The normalized spacial score (nSPS) is 17.2. The molecule has 0 radical (unpaired) electrons. The minimum atomic E-state index is -4.35. The maximum atomic E-state index is 12.8. The predicted octanol–water partition coefficient (Wildman–Crippen LogP) is 5.13. The molecule has 1 amide bonds. The third-order valence-corrected chi connectivity index (χ3v) is 4.96. The van der Waals surface area contributed by atoms with Crippen molar-refractivity contribution in [2.75, 3.05) is 6.54 Å². The van der Waals surface area contributed by atoms with Crippen LogP contribution in [0.5, 0.6) is 0 Å². The maximum Gasteiger partial charge on any atom is 0.416 e. The number of rotatable bonds is 3. The highest BCUT2D eigenvalue weighted by Crippen LogP contribution is 2.34. The van der Waals surface area contributed by atoms with E-state index in [4.69, 9.17) is 4.74 Å². The first-order chi connectivity index (χ1) is 13.5. The topological polar surface area (TPSA) is 47.4 Å². The molecule has 0 fully saturated rings. The fourth-order valence-electron chi connectivity index (χ4n) is 3.62. The molecule has 0 saturated carbocycles. The summed E-state index contributed by atoms with van der Waals surface area (Å²) >= 11 is 0. The monoisotopic (exact) mass is 409 g/mol. The number of amides is 1. The molecule has 3 rings (SSSR count). The van der Waals surface area contributed by atoms with Gasteiger partial charge in [0.25, 0.3) is 0 Å². The standard InChI is InChI=1S/C21H26F3N3O2/c1-14-18-17(10-7-15-5-8-16(9-6-15)21(22,23)24)27(12-11-26(18)13-25-14)19(28)29-20(2,3)4/h5-6,8-9,13,17H,7,10-12H2,1-4H3. The molecule has 29 heavy (non-hydrogen) atoms. The Balaban J connectivity index is 1.80. The van der Waals surface area contributed by atoms with Crippen LogP contribution in [-0.2, 0) is 23.9 Å². The third-order valence-electron chi connectivity index (χ3n) is 4.96. The number of halogens is 3. The van der Waals surface area contributed by atoms with Crippen molar-refractivity contribution in [3.05, 3.63) is 53.1 Å². The van der Waals surface area contributed by atoms with E-state index >= 15 is 0 Å². The van der Waals surface area contributed by atoms with E-state index in [2.05, 4.69) is 4.98 Å². The molecule has 0 spiro atoms. The van der Waals surface area contributed by atoms with Crippen LogP contribution in [-0.4, -0.2) is 32.7 Å². The highest BCUT2D eigenvalue weighted by Gasteiger charge is 2.35. The van der Waals surface area contributed by atoms with Crippen LogP contribution < -0.4 is 0 Å². The molecule has 1 aromatic heterocycles. The number of hydrogen-bond acceptors (Lipinski definition) is 3. The van der Waals surface area contributed by atoms with Gasteiger partial charge in [-0.2, -0.15) is 13.2 Å². The van der Waals surface area contributed by atoms with Crippen LogP contribution in [0.4, 0.5) is 18.0 Å². The van der Waals surface area contributed by atoms with E-state index in [0.29, 0.717) is 25.9 Å². The Morgan fingerprint density at radius 3 is 2.41 bits per heavy atom. The number of benzene rings is 1. The van der Waals surface area contributed by atoms with E-state index in [1.54, 1.807) is 11.2 Å². The Labute approximate surface area is 168 Å². The van der Waals surface area contributed by atoms with Crippen LogP contribution in [0, 0.1) is 6.92 Å². The Kier molecular flexibility index (Phi) is 5.65.